The predicted octanol–water partition coefficient (Wildman–Crippen LogP) is 20.0. The Balaban J connectivity index is 0.000000135. The molecule has 0 saturated carbocycles. The van der Waals surface area contributed by atoms with Crippen LogP contribution in [0.4, 0.5) is 0 Å². The molecule has 1 aliphatic rings. The smallest absolute Gasteiger partial charge is 0.235 e. The van der Waals surface area contributed by atoms with Crippen molar-refractivity contribution in [3.63, 3.8) is 0 Å². The highest BCUT2D eigenvalue weighted by Crippen LogP contribution is 2.50. The van der Waals surface area contributed by atoms with Gasteiger partial charge in [0, 0.05) is 95.2 Å². The number of aromatic nitrogens is 9. The quantitative estimate of drug-likeness (QED) is 0.159. The summed E-state index contributed by atoms with van der Waals surface area (Å²) in [6, 6.07) is 98.3. The van der Waals surface area contributed by atoms with E-state index >= 15 is 0 Å². The van der Waals surface area contributed by atoms with Crippen molar-refractivity contribution in [1.29, 1.82) is 0 Å². The van der Waals surface area contributed by atoms with Gasteiger partial charge in [0.05, 0.1) is 61.2 Å². The summed E-state index contributed by atoms with van der Waals surface area (Å²) in [7, 11) is 0. The zero-order chi connectivity index (χ0) is 60.3. The van der Waals surface area contributed by atoms with Crippen LogP contribution in [0.2, 0.25) is 0 Å². The Bertz CT molecular complexity index is 5920. The van der Waals surface area contributed by atoms with Gasteiger partial charge in [-0.1, -0.05) is 190 Å². The van der Waals surface area contributed by atoms with Crippen molar-refractivity contribution < 1.29 is 0 Å². The fraction of sp³-hybridized carbons (Fsp3) is 0.0366. The predicted molar refractivity (Wildman–Crippen MR) is 373 cm³/mol. The van der Waals surface area contributed by atoms with E-state index in [0.717, 1.165) is 89.0 Å². The minimum Gasteiger partial charge on any atom is -0.317 e. The van der Waals surface area contributed by atoms with Gasteiger partial charge in [0.1, 0.15) is 0 Å². The van der Waals surface area contributed by atoms with Gasteiger partial charge in [-0.2, -0.15) is 0 Å². The molecule has 0 radical (unpaired) electrons. The molecule has 18 aromatic rings. The molecule has 19 rings (SSSR count). The van der Waals surface area contributed by atoms with Crippen molar-refractivity contribution >= 4 is 87.2 Å². The Morgan fingerprint density at radius 2 is 0.747 bits per heavy atom. The second-order valence-corrected chi connectivity index (χ2v) is 24.0. The first kappa shape index (κ1) is 52.1. The molecule has 0 bridgehead atoms. The summed E-state index contributed by atoms with van der Waals surface area (Å²) in [5, 5.41) is 9.26. The first-order valence-corrected chi connectivity index (χ1v) is 30.9. The van der Waals surface area contributed by atoms with Gasteiger partial charge in [0.15, 0.2) is 0 Å². The summed E-state index contributed by atoms with van der Waals surface area (Å²) in [6.45, 7) is 4.66. The molecule has 9 nitrogen and oxygen atoms in total. The number of rotatable bonds is 7. The van der Waals surface area contributed by atoms with Gasteiger partial charge in [0.2, 0.25) is 11.9 Å². The molecule has 0 unspecified atom stereocenters. The third kappa shape index (κ3) is 8.21. The van der Waals surface area contributed by atoms with Crippen molar-refractivity contribution in [1.82, 2.24) is 43.2 Å². The minimum absolute atomic E-state index is 0.0953. The van der Waals surface area contributed by atoms with Crippen LogP contribution >= 0.6 is 0 Å². The van der Waals surface area contributed by atoms with E-state index in [0.29, 0.717) is 11.9 Å². The number of hydrogen-bond acceptors (Lipinski definition) is 5. The topological polar surface area (TPSA) is 84.2 Å². The molecule has 0 atom stereocenters. The van der Waals surface area contributed by atoms with Gasteiger partial charge in [-0.25, -0.2) is 19.9 Å². The van der Waals surface area contributed by atoms with E-state index in [1.807, 2.05) is 42.6 Å². The zero-order valence-corrected chi connectivity index (χ0v) is 49.8. The number of pyridine rings is 1. The molecule has 0 aliphatic heterocycles. The molecular formula is C82H55N9. The monoisotopic (exact) mass is 1170 g/mol. The largest absolute Gasteiger partial charge is 0.317 e. The highest BCUT2D eigenvalue weighted by Gasteiger charge is 2.35. The summed E-state index contributed by atoms with van der Waals surface area (Å²) in [4.78, 5) is 25.6. The van der Waals surface area contributed by atoms with Crippen LogP contribution < -0.4 is 0 Å². The van der Waals surface area contributed by atoms with E-state index in [1.54, 1.807) is 0 Å². The molecule has 9 heteroatoms. The molecule has 0 saturated heterocycles. The average molecular weight is 1170 g/mol. The number of fused-ring (bicyclic) bond motifs is 15. The standard InChI is InChI=1S/C43H30N4.C39H25N5/c1-43(2)34-17-9-6-14-29(34)30-21-20-27(26-35(30)43)41-31-15-7-10-18-36(31)44-42(45-41)47-38-19-11-8-16-32(38)40-33-24-25-46(28-12-4-3-5-13-28)37(33)22-23-39(40)47;1-2-10-28(11-3-1)43-25-23-31-34(43)21-22-36-37(31)30-13-5-7-16-35(30)44(36)39-41-33-15-6-4-12-29(33)38(42-39)27-19-17-26(18-20-27)32-14-8-9-24-40-32/h3-26H,1-2H3;1-25H. The Morgan fingerprint density at radius 3 is 1.31 bits per heavy atom. The van der Waals surface area contributed by atoms with Gasteiger partial charge in [-0.15, -0.1) is 0 Å². The Labute approximate surface area is 523 Å². The fourth-order valence-corrected chi connectivity index (χ4v) is 14.4. The van der Waals surface area contributed by atoms with Crippen molar-refractivity contribution in [2.45, 2.75) is 19.3 Å². The summed E-state index contributed by atoms with van der Waals surface area (Å²) in [5.41, 5.74) is 22.1. The molecule has 0 spiro atoms. The summed E-state index contributed by atoms with van der Waals surface area (Å²) < 4.78 is 8.97. The summed E-state index contributed by atoms with van der Waals surface area (Å²) in [5.74, 6) is 1.33. The average Bonchev–Trinajstić information content (AvgIpc) is 1.60. The van der Waals surface area contributed by atoms with Crippen molar-refractivity contribution in [2.24, 2.45) is 0 Å². The molecule has 1 aliphatic carbocycles. The van der Waals surface area contributed by atoms with Crippen LogP contribution in [0.1, 0.15) is 25.0 Å². The molecule has 11 aromatic carbocycles. The van der Waals surface area contributed by atoms with Crippen LogP contribution in [0.3, 0.4) is 0 Å². The maximum absolute atomic E-state index is 5.42. The third-order valence-electron chi connectivity index (χ3n) is 18.6. The SMILES string of the molecule is CC1(C)c2ccccc2-c2ccc(-c3nc(-n4c5ccccc5c5c6ccn(-c7ccccc7)c6ccc54)nc4ccccc34)cc21.c1ccc(-n2ccc3c4c5ccccc5n(-c5nc(-c6ccc(-c7ccccn7)cc6)c6ccccc6n5)c4ccc32)cc1. The van der Waals surface area contributed by atoms with Crippen LogP contribution in [0, 0.1) is 0 Å². The number of nitrogens with zero attached hydrogens (tertiary/aromatic N) is 9. The van der Waals surface area contributed by atoms with Crippen LogP contribution in [-0.4, -0.2) is 43.2 Å². The fourth-order valence-electron chi connectivity index (χ4n) is 14.4. The lowest BCUT2D eigenvalue weighted by atomic mass is 9.82. The van der Waals surface area contributed by atoms with E-state index < -0.39 is 0 Å². The highest BCUT2D eigenvalue weighted by atomic mass is 15.2. The molecule has 428 valence electrons. The normalized spacial score (nSPS) is 12.6. The summed E-state index contributed by atoms with van der Waals surface area (Å²) >= 11 is 0. The Hall–Kier alpha value is -12.1. The van der Waals surface area contributed by atoms with Crippen LogP contribution in [0.25, 0.3) is 155 Å². The molecular weight excluding hydrogens is 1110 g/mol. The molecule has 7 heterocycles. The first-order valence-electron chi connectivity index (χ1n) is 30.9. The van der Waals surface area contributed by atoms with E-state index in [2.05, 4.69) is 292 Å². The molecule has 0 fully saturated rings. The van der Waals surface area contributed by atoms with E-state index in [9.17, 15) is 0 Å². The van der Waals surface area contributed by atoms with Crippen molar-refractivity contribution in [3.8, 4) is 68.2 Å². The van der Waals surface area contributed by atoms with Crippen molar-refractivity contribution in [2.75, 3.05) is 0 Å². The van der Waals surface area contributed by atoms with E-state index in [4.69, 9.17) is 19.9 Å². The first-order chi connectivity index (χ1) is 44.9. The second-order valence-electron chi connectivity index (χ2n) is 24.0. The molecule has 91 heavy (non-hydrogen) atoms. The lowest BCUT2D eigenvalue weighted by Crippen LogP contribution is -2.15. The summed E-state index contributed by atoms with van der Waals surface area (Å²) in [6.07, 6.45) is 6.15. The minimum atomic E-state index is -0.0953. The Morgan fingerprint density at radius 1 is 0.308 bits per heavy atom. The highest BCUT2D eigenvalue weighted by molar-refractivity contribution is 6.22. The number of hydrogen-bond donors (Lipinski definition) is 0. The maximum atomic E-state index is 5.42. The van der Waals surface area contributed by atoms with Crippen LogP contribution in [0.5, 0.6) is 0 Å². The van der Waals surface area contributed by atoms with Crippen molar-refractivity contribution in [3.05, 3.63) is 309 Å². The second kappa shape index (κ2) is 20.5. The molecule has 0 N–H and O–H groups in total. The van der Waals surface area contributed by atoms with Gasteiger partial charge in [-0.05, 0) is 125 Å². The van der Waals surface area contributed by atoms with Gasteiger partial charge < -0.3 is 9.13 Å². The lowest BCUT2D eigenvalue weighted by Gasteiger charge is -2.22. The molecule has 0 amide bonds. The molecule has 7 aromatic heterocycles. The zero-order valence-electron chi connectivity index (χ0n) is 49.8. The van der Waals surface area contributed by atoms with Gasteiger partial charge in [0.25, 0.3) is 0 Å². The number of benzene rings is 11. The van der Waals surface area contributed by atoms with Gasteiger partial charge in [-0.3, -0.25) is 14.1 Å². The number of para-hydroxylation sites is 6. The van der Waals surface area contributed by atoms with E-state index in [1.165, 1.54) is 65.6 Å². The van der Waals surface area contributed by atoms with Gasteiger partial charge >= 0.3 is 0 Å². The lowest BCUT2D eigenvalue weighted by molar-refractivity contribution is 0.660. The van der Waals surface area contributed by atoms with Crippen LogP contribution in [0.15, 0.2) is 298 Å². The maximum Gasteiger partial charge on any atom is 0.235 e. The van der Waals surface area contributed by atoms with Crippen LogP contribution in [-0.2, 0) is 5.41 Å². The Kier molecular flexibility index (Phi) is 11.7. The van der Waals surface area contributed by atoms with E-state index in [-0.39, 0.29) is 5.41 Å². The third-order valence-corrected chi connectivity index (χ3v) is 18.6.